The highest BCUT2D eigenvalue weighted by Crippen LogP contribution is 2.12. The van der Waals surface area contributed by atoms with Crippen molar-refractivity contribution >= 4 is 23.6 Å². The third-order valence-electron chi connectivity index (χ3n) is 2.55. The summed E-state index contributed by atoms with van der Waals surface area (Å²) < 4.78 is 4.61. The van der Waals surface area contributed by atoms with E-state index >= 15 is 0 Å². The first-order valence-electron chi connectivity index (χ1n) is 5.96. The zero-order valence-electron chi connectivity index (χ0n) is 10.8. The molecule has 21 heavy (non-hydrogen) atoms. The van der Waals surface area contributed by atoms with Crippen molar-refractivity contribution in [2.75, 3.05) is 5.32 Å². The van der Waals surface area contributed by atoms with Gasteiger partial charge < -0.3 is 14.8 Å². The molecule has 6 heteroatoms. The molecule has 0 atom stereocenters. The first-order valence-corrected chi connectivity index (χ1v) is 5.96. The van der Waals surface area contributed by atoms with Gasteiger partial charge in [0.2, 0.25) is 0 Å². The van der Waals surface area contributed by atoms with Gasteiger partial charge in [-0.2, -0.15) is 0 Å². The number of carboxylic acids is 1. The monoisotopic (exact) mass is 285 g/mol. The molecule has 1 amide bonds. The van der Waals surface area contributed by atoms with Crippen LogP contribution in [0.5, 0.6) is 0 Å². The minimum absolute atomic E-state index is 0.226. The Morgan fingerprint density at radius 3 is 2.38 bits per heavy atom. The van der Waals surface area contributed by atoms with Crippen LogP contribution in [0.25, 0.3) is 6.08 Å². The molecule has 0 aliphatic heterocycles. The summed E-state index contributed by atoms with van der Waals surface area (Å²) in [4.78, 5) is 33.1. The van der Waals surface area contributed by atoms with Crippen LogP contribution in [-0.4, -0.2) is 17.0 Å². The van der Waals surface area contributed by atoms with Crippen LogP contribution in [0.15, 0.2) is 57.9 Å². The molecule has 0 saturated carbocycles. The van der Waals surface area contributed by atoms with Gasteiger partial charge in [-0.15, -0.1) is 0 Å². The van der Waals surface area contributed by atoms with Gasteiger partial charge in [0.15, 0.2) is 0 Å². The van der Waals surface area contributed by atoms with E-state index in [1.165, 1.54) is 12.1 Å². The summed E-state index contributed by atoms with van der Waals surface area (Å²) >= 11 is 0. The van der Waals surface area contributed by atoms with Gasteiger partial charge in [-0.3, -0.25) is 4.79 Å². The molecule has 0 bridgehead atoms. The van der Waals surface area contributed by atoms with Gasteiger partial charge in [-0.05, 0) is 29.8 Å². The molecular weight excluding hydrogens is 274 g/mol. The fourth-order valence-electron chi connectivity index (χ4n) is 1.54. The predicted octanol–water partition coefficient (Wildman–Crippen LogP) is 1.99. The standard InChI is InChI=1S/C15H11NO5/c17-13(18)7-3-10-1-5-12(6-2-10)16-15(20)11-4-8-14(19)21-9-11/h1-9H,(H,16,20)(H,17,18)/b7-3+. The Balaban J connectivity index is 2.06. The predicted molar refractivity (Wildman–Crippen MR) is 76.0 cm³/mol. The summed E-state index contributed by atoms with van der Waals surface area (Å²) in [6, 6.07) is 9.14. The fourth-order valence-corrected chi connectivity index (χ4v) is 1.54. The van der Waals surface area contributed by atoms with Crippen molar-refractivity contribution in [2.45, 2.75) is 0 Å². The Hall–Kier alpha value is -3.15. The van der Waals surface area contributed by atoms with Gasteiger partial charge in [0.05, 0.1) is 5.56 Å². The van der Waals surface area contributed by atoms with Crippen LogP contribution >= 0.6 is 0 Å². The van der Waals surface area contributed by atoms with Crippen molar-refractivity contribution in [3.05, 3.63) is 70.3 Å². The Labute approximate surface area is 119 Å². The first kappa shape index (κ1) is 14.3. The van der Waals surface area contributed by atoms with Crippen molar-refractivity contribution in [1.29, 1.82) is 0 Å². The van der Waals surface area contributed by atoms with Crippen LogP contribution in [0.3, 0.4) is 0 Å². The summed E-state index contributed by atoms with van der Waals surface area (Å²) in [6.07, 6.45) is 3.56. The van der Waals surface area contributed by atoms with E-state index in [1.807, 2.05) is 0 Å². The molecule has 0 fully saturated rings. The molecule has 0 aliphatic rings. The molecule has 1 aromatic heterocycles. The smallest absolute Gasteiger partial charge is 0.335 e. The van der Waals surface area contributed by atoms with Crippen LogP contribution in [0, 0.1) is 0 Å². The molecule has 2 rings (SSSR count). The molecule has 0 saturated heterocycles. The number of aliphatic carboxylic acids is 1. The first-order chi connectivity index (χ1) is 10.0. The van der Waals surface area contributed by atoms with E-state index in [2.05, 4.69) is 9.73 Å². The molecule has 1 heterocycles. The Bertz CT molecular complexity index is 723. The number of carbonyl (C=O) groups is 2. The highest BCUT2D eigenvalue weighted by atomic mass is 16.4. The second kappa shape index (κ2) is 6.33. The number of benzene rings is 1. The van der Waals surface area contributed by atoms with Crippen molar-refractivity contribution in [2.24, 2.45) is 0 Å². The normalized spacial score (nSPS) is 10.5. The second-order valence-electron chi connectivity index (χ2n) is 4.09. The van der Waals surface area contributed by atoms with Gasteiger partial charge in [-0.1, -0.05) is 12.1 Å². The number of hydrogen-bond acceptors (Lipinski definition) is 4. The van der Waals surface area contributed by atoms with Crippen molar-refractivity contribution < 1.29 is 19.1 Å². The number of nitrogens with one attached hydrogen (secondary N) is 1. The third kappa shape index (κ3) is 4.17. The van der Waals surface area contributed by atoms with Gasteiger partial charge in [0, 0.05) is 17.8 Å². The summed E-state index contributed by atoms with van der Waals surface area (Å²) in [5.41, 5.74) is 0.936. The molecule has 2 aromatic rings. The lowest BCUT2D eigenvalue weighted by Gasteiger charge is -2.04. The second-order valence-corrected chi connectivity index (χ2v) is 4.09. The van der Waals surface area contributed by atoms with Crippen LogP contribution in [0.1, 0.15) is 15.9 Å². The summed E-state index contributed by atoms with van der Waals surface area (Å²) in [5, 5.41) is 11.1. The average molecular weight is 285 g/mol. The molecule has 2 N–H and O–H groups in total. The lowest BCUT2D eigenvalue weighted by atomic mass is 10.2. The Morgan fingerprint density at radius 2 is 1.81 bits per heavy atom. The van der Waals surface area contributed by atoms with Gasteiger partial charge in [-0.25, -0.2) is 9.59 Å². The zero-order chi connectivity index (χ0) is 15.2. The summed E-state index contributed by atoms with van der Waals surface area (Å²) in [5.74, 6) is -1.44. The van der Waals surface area contributed by atoms with E-state index in [9.17, 15) is 14.4 Å². The number of carbonyl (C=O) groups excluding carboxylic acids is 1. The minimum atomic E-state index is -1.03. The van der Waals surface area contributed by atoms with E-state index < -0.39 is 17.5 Å². The molecule has 106 valence electrons. The van der Waals surface area contributed by atoms with E-state index in [0.29, 0.717) is 11.3 Å². The number of amides is 1. The lowest BCUT2D eigenvalue weighted by Crippen LogP contribution is -2.12. The van der Waals surface area contributed by atoms with E-state index in [4.69, 9.17) is 5.11 Å². The SMILES string of the molecule is O=C(O)/C=C/c1ccc(NC(=O)c2ccc(=O)oc2)cc1. The molecule has 6 nitrogen and oxygen atoms in total. The maximum absolute atomic E-state index is 11.9. The van der Waals surface area contributed by atoms with Crippen molar-refractivity contribution in [1.82, 2.24) is 0 Å². The number of rotatable bonds is 4. The molecular formula is C15H11NO5. The molecule has 0 radical (unpaired) electrons. The topological polar surface area (TPSA) is 96.6 Å². The van der Waals surface area contributed by atoms with E-state index in [1.54, 1.807) is 24.3 Å². The maximum Gasteiger partial charge on any atom is 0.335 e. The van der Waals surface area contributed by atoms with Crippen molar-refractivity contribution in [3.63, 3.8) is 0 Å². The quantitative estimate of drug-likeness (QED) is 0.837. The number of carboxylic acid groups (broad SMARTS) is 1. The average Bonchev–Trinajstić information content (AvgIpc) is 2.47. The van der Waals surface area contributed by atoms with Crippen LogP contribution < -0.4 is 10.9 Å². The lowest BCUT2D eigenvalue weighted by molar-refractivity contribution is -0.131. The van der Waals surface area contributed by atoms with E-state index in [-0.39, 0.29) is 5.56 Å². The Kier molecular flexibility index (Phi) is 4.30. The molecule has 1 aromatic carbocycles. The number of hydrogen-bond donors (Lipinski definition) is 2. The Morgan fingerprint density at radius 1 is 1.10 bits per heavy atom. The van der Waals surface area contributed by atoms with Crippen LogP contribution in [0.4, 0.5) is 5.69 Å². The third-order valence-corrected chi connectivity index (χ3v) is 2.55. The summed E-state index contributed by atoms with van der Waals surface area (Å²) in [6.45, 7) is 0. The maximum atomic E-state index is 11.9. The van der Waals surface area contributed by atoms with Crippen LogP contribution in [-0.2, 0) is 4.79 Å². The van der Waals surface area contributed by atoms with E-state index in [0.717, 1.165) is 18.4 Å². The highest BCUT2D eigenvalue weighted by Gasteiger charge is 2.06. The van der Waals surface area contributed by atoms with Gasteiger partial charge in [0.25, 0.3) is 5.91 Å². The molecule has 0 spiro atoms. The number of anilines is 1. The summed E-state index contributed by atoms with van der Waals surface area (Å²) in [7, 11) is 0. The van der Waals surface area contributed by atoms with Crippen molar-refractivity contribution in [3.8, 4) is 0 Å². The fraction of sp³-hybridized carbons (Fsp3) is 0. The minimum Gasteiger partial charge on any atom is -0.478 e. The zero-order valence-corrected chi connectivity index (χ0v) is 10.8. The largest absolute Gasteiger partial charge is 0.478 e. The molecule has 0 unspecified atom stereocenters. The van der Waals surface area contributed by atoms with Gasteiger partial charge in [0.1, 0.15) is 6.26 Å². The highest BCUT2D eigenvalue weighted by molar-refractivity contribution is 6.03. The molecule has 0 aliphatic carbocycles. The van der Waals surface area contributed by atoms with Gasteiger partial charge >= 0.3 is 11.6 Å². The van der Waals surface area contributed by atoms with Crippen LogP contribution in [0.2, 0.25) is 0 Å².